The van der Waals surface area contributed by atoms with Gasteiger partial charge in [-0.15, -0.1) is 0 Å². The zero-order valence-corrected chi connectivity index (χ0v) is 7.66. The molecule has 68 valence electrons. The van der Waals surface area contributed by atoms with Crippen molar-refractivity contribution < 1.29 is 5.11 Å². The SMILES string of the molecule is C=C1C2CCC(O)C1CN(C)C2. The van der Waals surface area contributed by atoms with E-state index in [1.54, 1.807) is 0 Å². The Balaban J connectivity index is 2.17. The summed E-state index contributed by atoms with van der Waals surface area (Å²) >= 11 is 0. The van der Waals surface area contributed by atoms with Crippen molar-refractivity contribution in [1.29, 1.82) is 0 Å². The van der Waals surface area contributed by atoms with Gasteiger partial charge in [0.15, 0.2) is 0 Å². The van der Waals surface area contributed by atoms with Crippen LogP contribution in [0.2, 0.25) is 0 Å². The van der Waals surface area contributed by atoms with Gasteiger partial charge < -0.3 is 10.0 Å². The summed E-state index contributed by atoms with van der Waals surface area (Å²) in [6, 6.07) is 0. The van der Waals surface area contributed by atoms with E-state index in [1.165, 1.54) is 5.57 Å². The highest BCUT2D eigenvalue weighted by Gasteiger charge is 2.37. The number of aliphatic hydroxyl groups is 1. The van der Waals surface area contributed by atoms with Crippen molar-refractivity contribution in [2.75, 3.05) is 20.1 Å². The van der Waals surface area contributed by atoms with Gasteiger partial charge in [-0.1, -0.05) is 12.2 Å². The molecule has 0 radical (unpaired) electrons. The maximum absolute atomic E-state index is 9.72. The molecule has 1 aliphatic heterocycles. The molecule has 1 N–H and O–H groups in total. The third-order valence-corrected chi connectivity index (χ3v) is 3.32. The molecule has 0 aromatic carbocycles. The van der Waals surface area contributed by atoms with E-state index in [2.05, 4.69) is 18.5 Å². The molecule has 1 saturated carbocycles. The van der Waals surface area contributed by atoms with E-state index in [1.807, 2.05) is 0 Å². The van der Waals surface area contributed by atoms with Crippen LogP contribution < -0.4 is 0 Å². The molecule has 2 aliphatic rings. The fraction of sp³-hybridized carbons (Fsp3) is 0.800. The molecule has 1 saturated heterocycles. The van der Waals surface area contributed by atoms with Crippen LogP contribution in [0.5, 0.6) is 0 Å². The number of hydrogen-bond donors (Lipinski definition) is 1. The van der Waals surface area contributed by atoms with Crippen molar-refractivity contribution in [3.8, 4) is 0 Å². The van der Waals surface area contributed by atoms with Gasteiger partial charge in [0.25, 0.3) is 0 Å². The summed E-state index contributed by atoms with van der Waals surface area (Å²) in [7, 11) is 2.13. The molecule has 0 aromatic heterocycles. The van der Waals surface area contributed by atoms with Crippen LogP contribution in [0.15, 0.2) is 12.2 Å². The Kier molecular flexibility index (Phi) is 1.97. The number of piperidine rings is 1. The van der Waals surface area contributed by atoms with Crippen molar-refractivity contribution in [2.24, 2.45) is 11.8 Å². The molecule has 2 bridgehead atoms. The average molecular weight is 167 g/mol. The van der Waals surface area contributed by atoms with Gasteiger partial charge >= 0.3 is 0 Å². The van der Waals surface area contributed by atoms with Crippen LogP contribution in [0.1, 0.15) is 12.8 Å². The van der Waals surface area contributed by atoms with Crippen LogP contribution in [0.25, 0.3) is 0 Å². The van der Waals surface area contributed by atoms with Crippen LogP contribution in [-0.2, 0) is 0 Å². The normalized spacial score (nSPS) is 43.2. The Labute approximate surface area is 73.9 Å². The number of aliphatic hydroxyl groups excluding tert-OH is 1. The molecule has 3 unspecified atom stereocenters. The third-order valence-electron chi connectivity index (χ3n) is 3.32. The molecule has 1 aliphatic carbocycles. The van der Waals surface area contributed by atoms with E-state index in [0.29, 0.717) is 11.8 Å². The van der Waals surface area contributed by atoms with E-state index >= 15 is 0 Å². The fourth-order valence-corrected chi connectivity index (χ4v) is 2.54. The summed E-state index contributed by atoms with van der Waals surface area (Å²) in [5.41, 5.74) is 1.30. The third kappa shape index (κ3) is 1.19. The summed E-state index contributed by atoms with van der Waals surface area (Å²) in [5, 5.41) is 9.72. The molecule has 12 heavy (non-hydrogen) atoms. The first-order valence-electron chi connectivity index (χ1n) is 4.74. The standard InChI is InChI=1S/C10H17NO/c1-7-8-3-4-10(12)9(7)6-11(2)5-8/h8-10,12H,1,3-6H2,2H3. The first-order valence-corrected chi connectivity index (χ1v) is 4.74. The predicted molar refractivity (Wildman–Crippen MR) is 48.9 cm³/mol. The van der Waals surface area contributed by atoms with Gasteiger partial charge in [0.2, 0.25) is 0 Å². The van der Waals surface area contributed by atoms with Crippen molar-refractivity contribution in [3.63, 3.8) is 0 Å². The van der Waals surface area contributed by atoms with Crippen molar-refractivity contribution in [2.45, 2.75) is 18.9 Å². The van der Waals surface area contributed by atoms with Crippen molar-refractivity contribution in [1.82, 2.24) is 4.90 Å². The van der Waals surface area contributed by atoms with Gasteiger partial charge in [-0.05, 0) is 25.8 Å². The topological polar surface area (TPSA) is 23.5 Å². The van der Waals surface area contributed by atoms with Gasteiger partial charge in [0, 0.05) is 19.0 Å². The maximum Gasteiger partial charge on any atom is 0.0618 e. The lowest BCUT2D eigenvalue weighted by atomic mass is 9.73. The lowest BCUT2D eigenvalue weighted by Gasteiger charge is -2.44. The second kappa shape index (κ2) is 2.86. The Hall–Kier alpha value is -0.340. The molecule has 2 heteroatoms. The summed E-state index contributed by atoms with van der Waals surface area (Å²) in [5.74, 6) is 1.000. The molecular formula is C10H17NO. The number of nitrogens with zero attached hydrogens (tertiary/aromatic N) is 1. The Bertz CT molecular complexity index is 202. The van der Waals surface area contributed by atoms with E-state index < -0.39 is 0 Å². The van der Waals surface area contributed by atoms with E-state index in [9.17, 15) is 5.11 Å². The first-order chi connectivity index (χ1) is 5.68. The molecule has 1 heterocycles. The molecule has 2 rings (SSSR count). The summed E-state index contributed by atoms with van der Waals surface area (Å²) < 4.78 is 0. The minimum absolute atomic E-state index is 0.128. The van der Waals surface area contributed by atoms with Crippen LogP contribution >= 0.6 is 0 Å². The van der Waals surface area contributed by atoms with Gasteiger partial charge in [0.05, 0.1) is 6.10 Å². The summed E-state index contributed by atoms with van der Waals surface area (Å²) in [6.45, 7) is 6.23. The highest BCUT2D eigenvalue weighted by atomic mass is 16.3. The fourth-order valence-electron chi connectivity index (χ4n) is 2.54. The lowest BCUT2D eigenvalue weighted by molar-refractivity contribution is 0.0350. The van der Waals surface area contributed by atoms with Gasteiger partial charge in [-0.3, -0.25) is 0 Å². The monoisotopic (exact) mass is 167 g/mol. The molecule has 0 amide bonds. The number of rotatable bonds is 0. The van der Waals surface area contributed by atoms with Crippen LogP contribution in [0, 0.1) is 11.8 Å². The van der Waals surface area contributed by atoms with Crippen LogP contribution in [0.3, 0.4) is 0 Å². The Morgan fingerprint density at radius 1 is 1.42 bits per heavy atom. The van der Waals surface area contributed by atoms with Gasteiger partial charge in [0.1, 0.15) is 0 Å². The molecular weight excluding hydrogens is 150 g/mol. The van der Waals surface area contributed by atoms with Gasteiger partial charge in [-0.2, -0.15) is 0 Å². The quantitative estimate of drug-likeness (QED) is 0.541. The van der Waals surface area contributed by atoms with Crippen LogP contribution in [-0.4, -0.2) is 36.2 Å². The second-order valence-corrected chi connectivity index (χ2v) is 4.24. The zero-order valence-electron chi connectivity index (χ0n) is 7.66. The molecule has 3 atom stereocenters. The minimum Gasteiger partial charge on any atom is -0.392 e. The highest BCUT2D eigenvalue weighted by molar-refractivity contribution is 5.15. The number of hydrogen-bond acceptors (Lipinski definition) is 2. The second-order valence-electron chi connectivity index (χ2n) is 4.24. The molecule has 0 aromatic rings. The van der Waals surface area contributed by atoms with Gasteiger partial charge in [-0.25, -0.2) is 0 Å². The minimum atomic E-state index is -0.128. The predicted octanol–water partition coefficient (Wildman–Crippen LogP) is 0.875. The zero-order chi connectivity index (χ0) is 8.72. The van der Waals surface area contributed by atoms with Crippen LogP contribution in [0.4, 0.5) is 0 Å². The number of fused-ring (bicyclic) bond motifs is 2. The Morgan fingerprint density at radius 2 is 2.17 bits per heavy atom. The summed E-state index contributed by atoms with van der Waals surface area (Å²) in [6.07, 6.45) is 1.97. The van der Waals surface area contributed by atoms with E-state index in [-0.39, 0.29) is 6.10 Å². The highest BCUT2D eigenvalue weighted by Crippen LogP contribution is 2.37. The molecule has 2 nitrogen and oxygen atoms in total. The Morgan fingerprint density at radius 3 is 2.92 bits per heavy atom. The molecule has 2 fully saturated rings. The van der Waals surface area contributed by atoms with E-state index in [4.69, 9.17) is 0 Å². The molecule has 0 spiro atoms. The van der Waals surface area contributed by atoms with Crippen molar-refractivity contribution >= 4 is 0 Å². The maximum atomic E-state index is 9.72. The number of likely N-dealkylation sites (tertiary alicyclic amines) is 1. The average Bonchev–Trinajstić information content (AvgIpc) is 2.01. The van der Waals surface area contributed by atoms with Crippen molar-refractivity contribution in [3.05, 3.63) is 12.2 Å². The largest absolute Gasteiger partial charge is 0.392 e. The van der Waals surface area contributed by atoms with E-state index in [0.717, 1.165) is 25.9 Å². The lowest BCUT2D eigenvalue weighted by Crippen LogP contribution is -2.47. The smallest absolute Gasteiger partial charge is 0.0618 e. The first kappa shape index (κ1) is 8.27. The summed E-state index contributed by atoms with van der Waals surface area (Å²) in [4.78, 5) is 2.31.